The number of nitrogens with zero attached hydrogens (tertiary/aromatic N) is 1. The fourth-order valence-corrected chi connectivity index (χ4v) is 3.01. The lowest BCUT2D eigenvalue weighted by Gasteiger charge is -2.31. The van der Waals surface area contributed by atoms with Crippen molar-refractivity contribution in [1.82, 2.24) is 15.5 Å². The molecular formula is C19H29N3O2. The molecule has 0 radical (unpaired) electrons. The Morgan fingerprint density at radius 1 is 1.17 bits per heavy atom. The zero-order valence-corrected chi connectivity index (χ0v) is 14.8. The van der Waals surface area contributed by atoms with Crippen LogP contribution in [0.2, 0.25) is 0 Å². The summed E-state index contributed by atoms with van der Waals surface area (Å²) in [4.78, 5) is 26.3. The normalized spacial score (nSPS) is 15.3. The zero-order valence-electron chi connectivity index (χ0n) is 14.8. The maximum absolute atomic E-state index is 12.3. The summed E-state index contributed by atoms with van der Waals surface area (Å²) in [6.07, 6.45) is 2.98. The monoisotopic (exact) mass is 331 g/mol. The van der Waals surface area contributed by atoms with Crippen molar-refractivity contribution in [2.45, 2.75) is 39.2 Å². The molecule has 0 saturated carbocycles. The molecule has 132 valence electrons. The van der Waals surface area contributed by atoms with Crippen molar-refractivity contribution in [1.29, 1.82) is 0 Å². The number of aryl methyl sites for hydroxylation is 1. The Kier molecular flexibility index (Phi) is 7.25. The van der Waals surface area contributed by atoms with Crippen molar-refractivity contribution in [3.8, 4) is 0 Å². The molecule has 0 spiro atoms. The van der Waals surface area contributed by atoms with Crippen molar-refractivity contribution in [2.24, 2.45) is 5.92 Å². The van der Waals surface area contributed by atoms with E-state index in [-0.39, 0.29) is 17.7 Å². The highest BCUT2D eigenvalue weighted by Gasteiger charge is 2.26. The van der Waals surface area contributed by atoms with E-state index in [4.69, 9.17) is 0 Å². The van der Waals surface area contributed by atoms with Gasteiger partial charge < -0.3 is 15.5 Å². The van der Waals surface area contributed by atoms with Crippen molar-refractivity contribution >= 4 is 11.8 Å². The van der Waals surface area contributed by atoms with Gasteiger partial charge in [0.1, 0.15) is 0 Å². The van der Waals surface area contributed by atoms with Gasteiger partial charge in [0.25, 0.3) is 0 Å². The molecule has 2 N–H and O–H groups in total. The number of piperidine rings is 1. The highest BCUT2D eigenvalue weighted by atomic mass is 16.2. The lowest BCUT2D eigenvalue weighted by Crippen LogP contribution is -2.43. The van der Waals surface area contributed by atoms with E-state index in [1.165, 1.54) is 5.56 Å². The average molecular weight is 331 g/mol. The highest BCUT2D eigenvalue weighted by molar-refractivity contribution is 5.80. The minimum absolute atomic E-state index is 0.0248. The van der Waals surface area contributed by atoms with E-state index >= 15 is 0 Å². The van der Waals surface area contributed by atoms with E-state index in [2.05, 4.69) is 29.7 Å². The fraction of sp³-hybridized carbons (Fsp3) is 0.579. The largest absolute Gasteiger partial charge is 0.352 e. The van der Waals surface area contributed by atoms with Crippen LogP contribution in [0.5, 0.6) is 0 Å². The van der Waals surface area contributed by atoms with Gasteiger partial charge >= 0.3 is 0 Å². The average Bonchev–Trinajstić information content (AvgIpc) is 2.61. The topological polar surface area (TPSA) is 61.4 Å². The minimum Gasteiger partial charge on any atom is -0.352 e. The third kappa shape index (κ3) is 5.64. The number of carbonyl (C=O) groups excluding carboxylic acids is 2. The molecule has 5 nitrogen and oxygen atoms in total. The molecule has 1 aromatic rings. The summed E-state index contributed by atoms with van der Waals surface area (Å²) in [5.74, 6) is 0.346. The predicted octanol–water partition coefficient (Wildman–Crippen LogP) is 1.85. The lowest BCUT2D eigenvalue weighted by atomic mass is 9.95. The van der Waals surface area contributed by atoms with Crippen LogP contribution in [0.25, 0.3) is 0 Å². The Morgan fingerprint density at radius 3 is 2.46 bits per heavy atom. The molecule has 0 aliphatic carbocycles. The third-order valence-electron chi connectivity index (χ3n) is 4.62. The van der Waals surface area contributed by atoms with Gasteiger partial charge in [0, 0.05) is 32.0 Å². The Bertz CT molecular complexity index is 534. The first-order valence-electron chi connectivity index (χ1n) is 8.86. The molecule has 24 heavy (non-hydrogen) atoms. The smallest absolute Gasteiger partial charge is 0.223 e. The second-order valence-electron chi connectivity index (χ2n) is 6.57. The molecule has 1 aliphatic rings. The number of benzene rings is 1. The van der Waals surface area contributed by atoms with Gasteiger partial charge in [0.05, 0.1) is 0 Å². The number of hydrogen-bond donors (Lipinski definition) is 2. The summed E-state index contributed by atoms with van der Waals surface area (Å²) in [7, 11) is 1.89. The molecule has 2 rings (SSSR count). The number of rotatable bonds is 7. The van der Waals surface area contributed by atoms with Crippen molar-refractivity contribution in [3.63, 3.8) is 0 Å². The summed E-state index contributed by atoms with van der Waals surface area (Å²) in [6.45, 7) is 4.88. The Morgan fingerprint density at radius 2 is 1.83 bits per heavy atom. The molecule has 1 aromatic carbocycles. The van der Waals surface area contributed by atoms with Crippen LogP contribution in [0.15, 0.2) is 24.3 Å². The number of amides is 2. The van der Waals surface area contributed by atoms with E-state index in [1.807, 2.05) is 24.1 Å². The van der Waals surface area contributed by atoms with E-state index in [0.29, 0.717) is 26.1 Å². The van der Waals surface area contributed by atoms with Crippen molar-refractivity contribution in [3.05, 3.63) is 35.4 Å². The first-order valence-corrected chi connectivity index (χ1v) is 8.86. The van der Waals surface area contributed by atoms with Gasteiger partial charge in [-0.3, -0.25) is 9.59 Å². The van der Waals surface area contributed by atoms with Gasteiger partial charge in [-0.05, 0) is 45.3 Å². The van der Waals surface area contributed by atoms with Crippen LogP contribution in [-0.4, -0.2) is 43.4 Å². The van der Waals surface area contributed by atoms with Crippen LogP contribution < -0.4 is 10.6 Å². The van der Waals surface area contributed by atoms with Crippen LogP contribution in [0.1, 0.15) is 36.8 Å². The first-order chi connectivity index (χ1) is 11.6. The second-order valence-corrected chi connectivity index (χ2v) is 6.57. The van der Waals surface area contributed by atoms with E-state index < -0.39 is 0 Å². The summed E-state index contributed by atoms with van der Waals surface area (Å²) in [6, 6.07) is 8.20. The maximum Gasteiger partial charge on any atom is 0.223 e. The number of carbonyl (C=O) groups is 2. The Labute approximate surface area is 144 Å². The molecule has 1 saturated heterocycles. The summed E-state index contributed by atoms with van der Waals surface area (Å²) < 4.78 is 0. The molecule has 0 unspecified atom stereocenters. The second kappa shape index (κ2) is 9.42. The standard InChI is InChI=1S/C19H29N3O2/c1-15-5-7-16(8-6-15)14-21-19(24)17-9-12-22(13-10-17)18(23)4-3-11-20-2/h5-8,17,20H,3-4,9-14H2,1-2H3,(H,21,24). The zero-order chi connectivity index (χ0) is 17.4. The molecule has 1 heterocycles. The maximum atomic E-state index is 12.3. The van der Waals surface area contributed by atoms with Crippen molar-refractivity contribution < 1.29 is 9.59 Å². The Balaban J connectivity index is 1.70. The van der Waals surface area contributed by atoms with Gasteiger partial charge in [0.15, 0.2) is 0 Å². The minimum atomic E-state index is 0.0248. The van der Waals surface area contributed by atoms with Crippen LogP contribution in [0.3, 0.4) is 0 Å². The molecule has 0 bridgehead atoms. The van der Waals surface area contributed by atoms with Gasteiger partial charge in [-0.25, -0.2) is 0 Å². The van der Waals surface area contributed by atoms with Crippen LogP contribution >= 0.6 is 0 Å². The lowest BCUT2D eigenvalue weighted by molar-refractivity contribution is -0.135. The van der Waals surface area contributed by atoms with Gasteiger partial charge in [-0.2, -0.15) is 0 Å². The molecule has 2 amide bonds. The quantitative estimate of drug-likeness (QED) is 0.750. The van der Waals surface area contributed by atoms with Gasteiger partial charge in [-0.1, -0.05) is 29.8 Å². The number of hydrogen-bond acceptors (Lipinski definition) is 3. The first kappa shape index (κ1) is 18.5. The van der Waals surface area contributed by atoms with Crippen LogP contribution in [-0.2, 0) is 16.1 Å². The predicted molar refractivity (Wildman–Crippen MR) is 95.5 cm³/mol. The molecule has 0 atom stereocenters. The summed E-state index contributed by atoms with van der Waals surface area (Å²) >= 11 is 0. The molecule has 1 aliphatic heterocycles. The summed E-state index contributed by atoms with van der Waals surface area (Å²) in [5.41, 5.74) is 2.34. The number of nitrogens with one attached hydrogen (secondary N) is 2. The third-order valence-corrected chi connectivity index (χ3v) is 4.62. The summed E-state index contributed by atoms with van der Waals surface area (Å²) in [5, 5.41) is 6.08. The Hall–Kier alpha value is -1.88. The van der Waals surface area contributed by atoms with Gasteiger partial charge in [0.2, 0.25) is 11.8 Å². The molecule has 5 heteroatoms. The van der Waals surface area contributed by atoms with E-state index in [9.17, 15) is 9.59 Å². The van der Waals surface area contributed by atoms with E-state index in [1.54, 1.807) is 0 Å². The molecule has 0 aromatic heterocycles. The number of likely N-dealkylation sites (tertiary alicyclic amines) is 1. The molecule has 1 fully saturated rings. The SMILES string of the molecule is CNCCCC(=O)N1CCC(C(=O)NCc2ccc(C)cc2)CC1. The fourth-order valence-electron chi connectivity index (χ4n) is 3.01. The van der Waals surface area contributed by atoms with Gasteiger partial charge in [-0.15, -0.1) is 0 Å². The van der Waals surface area contributed by atoms with Crippen LogP contribution in [0, 0.1) is 12.8 Å². The van der Waals surface area contributed by atoms with Crippen LogP contribution in [0.4, 0.5) is 0 Å². The highest BCUT2D eigenvalue weighted by Crippen LogP contribution is 2.18. The van der Waals surface area contributed by atoms with E-state index in [0.717, 1.165) is 31.4 Å². The van der Waals surface area contributed by atoms with Crippen molar-refractivity contribution in [2.75, 3.05) is 26.7 Å². The molecular weight excluding hydrogens is 302 g/mol.